The van der Waals surface area contributed by atoms with Crippen LogP contribution >= 0.6 is 0 Å². The third-order valence-corrected chi connectivity index (χ3v) is 5.01. The van der Waals surface area contributed by atoms with Crippen LogP contribution in [-0.2, 0) is 4.74 Å². The van der Waals surface area contributed by atoms with Gasteiger partial charge in [-0.05, 0) is 52.0 Å². The molecule has 2 heteroatoms. The second-order valence-electron chi connectivity index (χ2n) is 6.84. The molecule has 0 amide bonds. The molecule has 0 heterocycles. The second-order valence-corrected chi connectivity index (χ2v) is 6.84. The van der Waals surface area contributed by atoms with Crippen LogP contribution in [0.5, 0.6) is 0 Å². The Morgan fingerprint density at radius 3 is 2.40 bits per heavy atom. The first-order chi connectivity index (χ1) is 9.65. The van der Waals surface area contributed by atoms with Crippen molar-refractivity contribution in [3.8, 4) is 0 Å². The third-order valence-electron chi connectivity index (χ3n) is 5.01. The Morgan fingerprint density at radius 1 is 1.15 bits per heavy atom. The largest absolute Gasteiger partial charge is 0.371 e. The van der Waals surface area contributed by atoms with E-state index in [0.29, 0.717) is 6.10 Å². The standard InChI is InChI=1S/C18H37NO/c1-5-7-8-9-10-16(3)20-18(15-19-4)13-11-17(6-2)12-14-18/h16-17,19H,5-15H2,1-4H3. The Labute approximate surface area is 127 Å². The molecule has 0 spiro atoms. The van der Waals surface area contributed by atoms with Gasteiger partial charge in [0.05, 0.1) is 11.7 Å². The van der Waals surface area contributed by atoms with E-state index in [1.165, 1.54) is 64.2 Å². The van der Waals surface area contributed by atoms with Crippen molar-refractivity contribution in [2.75, 3.05) is 13.6 Å². The predicted octanol–water partition coefficient (Wildman–Crippen LogP) is 4.92. The Morgan fingerprint density at radius 2 is 1.85 bits per heavy atom. The summed E-state index contributed by atoms with van der Waals surface area (Å²) in [7, 11) is 2.06. The summed E-state index contributed by atoms with van der Waals surface area (Å²) in [6.07, 6.45) is 13.5. The van der Waals surface area contributed by atoms with Crippen LogP contribution in [0.4, 0.5) is 0 Å². The van der Waals surface area contributed by atoms with Crippen LogP contribution in [0.25, 0.3) is 0 Å². The minimum atomic E-state index is 0.116. The Balaban J connectivity index is 2.38. The molecule has 1 atom stereocenters. The first-order valence-corrected chi connectivity index (χ1v) is 8.98. The molecule has 1 rings (SSSR count). The van der Waals surface area contributed by atoms with Crippen molar-refractivity contribution in [1.82, 2.24) is 5.32 Å². The summed E-state index contributed by atoms with van der Waals surface area (Å²) in [5.41, 5.74) is 0.116. The normalized spacial score (nSPS) is 28.5. The molecule has 0 radical (unpaired) electrons. The molecule has 0 aliphatic heterocycles. The fraction of sp³-hybridized carbons (Fsp3) is 1.00. The predicted molar refractivity (Wildman–Crippen MR) is 88.2 cm³/mol. The number of rotatable bonds is 10. The first kappa shape index (κ1) is 18.0. The van der Waals surface area contributed by atoms with Gasteiger partial charge in [0.2, 0.25) is 0 Å². The van der Waals surface area contributed by atoms with Crippen molar-refractivity contribution in [1.29, 1.82) is 0 Å². The van der Waals surface area contributed by atoms with E-state index in [4.69, 9.17) is 4.74 Å². The number of ether oxygens (including phenoxy) is 1. The summed E-state index contributed by atoms with van der Waals surface area (Å²) in [5.74, 6) is 0.934. The van der Waals surface area contributed by atoms with Gasteiger partial charge in [0.15, 0.2) is 0 Å². The third kappa shape index (κ3) is 6.13. The van der Waals surface area contributed by atoms with Crippen LogP contribution < -0.4 is 5.32 Å². The summed E-state index contributed by atoms with van der Waals surface area (Å²) >= 11 is 0. The molecule has 1 fully saturated rings. The van der Waals surface area contributed by atoms with Crippen LogP contribution in [0.2, 0.25) is 0 Å². The highest BCUT2D eigenvalue weighted by Gasteiger charge is 2.36. The van der Waals surface area contributed by atoms with Crippen molar-refractivity contribution in [2.24, 2.45) is 5.92 Å². The average Bonchev–Trinajstić information content (AvgIpc) is 2.45. The lowest BCUT2D eigenvalue weighted by molar-refractivity contribution is -0.113. The second kappa shape index (κ2) is 9.78. The number of hydrogen-bond donors (Lipinski definition) is 1. The number of nitrogens with one attached hydrogen (secondary N) is 1. The highest BCUT2D eigenvalue weighted by Crippen LogP contribution is 2.37. The zero-order chi connectivity index (χ0) is 14.8. The maximum atomic E-state index is 6.53. The van der Waals surface area contributed by atoms with Crippen molar-refractivity contribution in [3.63, 3.8) is 0 Å². The van der Waals surface area contributed by atoms with Gasteiger partial charge < -0.3 is 10.1 Å². The van der Waals surface area contributed by atoms with E-state index in [1.54, 1.807) is 0 Å². The van der Waals surface area contributed by atoms with Crippen LogP contribution in [-0.4, -0.2) is 25.3 Å². The van der Waals surface area contributed by atoms with E-state index in [9.17, 15) is 0 Å². The molecule has 0 aromatic carbocycles. The van der Waals surface area contributed by atoms with E-state index in [1.807, 2.05) is 0 Å². The molecule has 0 aromatic rings. The number of likely N-dealkylation sites (N-methyl/N-ethyl adjacent to an activating group) is 1. The van der Waals surface area contributed by atoms with E-state index in [-0.39, 0.29) is 5.60 Å². The fourth-order valence-corrected chi connectivity index (χ4v) is 3.61. The van der Waals surface area contributed by atoms with Crippen LogP contribution in [0.1, 0.15) is 85.0 Å². The maximum Gasteiger partial charge on any atom is 0.0810 e. The average molecular weight is 284 g/mol. The molecule has 2 nitrogen and oxygen atoms in total. The van der Waals surface area contributed by atoms with Gasteiger partial charge in [-0.2, -0.15) is 0 Å². The molecular weight excluding hydrogens is 246 g/mol. The quantitative estimate of drug-likeness (QED) is 0.575. The molecule has 0 aromatic heterocycles. The summed E-state index contributed by atoms with van der Waals surface area (Å²) in [4.78, 5) is 0. The zero-order valence-electron chi connectivity index (χ0n) is 14.3. The molecule has 1 unspecified atom stereocenters. The molecule has 0 bridgehead atoms. The van der Waals surface area contributed by atoms with Crippen molar-refractivity contribution < 1.29 is 4.74 Å². The SMILES string of the molecule is CCCCCCC(C)OC1(CNC)CCC(CC)CC1. The first-order valence-electron chi connectivity index (χ1n) is 8.98. The van der Waals surface area contributed by atoms with E-state index >= 15 is 0 Å². The molecule has 1 aliphatic rings. The minimum absolute atomic E-state index is 0.116. The maximum absolute atomic E-state index is 6.53. The summed E-state index contributed by atoms with van der Waals surface area (Å²) < 4.78 is 6.53. The highest BCUT2D eigenvalue weighted by molar-refractivity contribution is 4.89. The van der Waals surface area contributed by atoms with Crippen LogP contribution in [0.3, 0.4) is 0 Å². The topological polar surface area (TPSA) is 21.3 Å². The van der Waals surface area contributed by atoms with Crippen molar-refractivity contribution in [2.45, 2.75) is 96.7 Å². The fourth-order valence-electron chi connectivity index (χ4n) is 3.61. The monoisotopic (exact) mass is 283 g/mol. The molecule has 1 aliphatic carbocycles. The highest BCUT2D eigenvalue weighted by atomic mass is 16.5. The lowest BCUT2D eigenvalue weighted by Gasteiger charge is -2.42. The van der Waals surface area contributed by atoms with Gasteiger partial charge in [-0.25, -0.2) is 0 Å². The summed E-state index contributed by atoms with van der Waals surface area (Å²) in [6.45, 7) is 7.89. The van der Waals surface area contributed by atoms with Gasteiger partial charge in [0.1, 0.15) is 0 Å². The van der Waals surface area contributed by atoms with Gasteiger partial charge in [-0.3, -0.25) is 0 Å². The smallest absolute Gasteiger partial charge is 0.0810 e. The lowest BCUT2D eigenvalue weighted by Crippen LogP contribution is -2.46. The van der Waals surface area contributed by atoms with Gasteiger partial charge in [0.25, 0.3) is 0 Å². The van der Waals surface area contributed by atoms with Gasteiger partial charge >= 0.3 is 0 Å². The Hall–Kier alpha value is -0.0800. The number of hydrogen-bond acceptors (Lipinski definition) is 2. The van der Waals surface area contributed by atoms with Crippen LogP contribution in [0, 0.1) is 5.92 Å². The zero-order valence-corrected chi connectivity index (χ0v) is 14.3. The molecular formula is C18H37NO. The van der Waals surface area contributed by atoms with E-state index < -0.39 is 0 Å². The van der Waals surface area contributed by atoms with Gasteiger partial charge in [0, 0.05) is 6.54 Å². The van der Waals surface area contributed by atoms with Crippen molar-refractivity contribution in [3.05, 3.63) is 0 Å². The molecule has 20 heavy (non-hydrogen) atoms. The molecule has 0 saturated heterocycles. The number of unbranched alkanes of at least 4 members (excludes halogenated alkanes) is 3. The summed E-state index contributed by atoms with van der Waals surface area (Å²) in [5, 5.41) is 3.37. The van der Waals surface area contributed by atoms with E-state index in [0.717, 1.165) is 12.5 Å². The Kier molecular flexibility index (Phi) is 8.79. The minimum Gasteiger partial charge on any atom is -0.371 e. The van der Waals surface area contributed by atoms with Crippen LogP contribution in [0.15, 0.2) is 0 Å². The van der Waals surface area contributed by atoms with Gasteiger partial charge in [-0.1, -0.05) is 46.0 Å². The molecule has 1 saturated carbocycles. The van der Waals surface area contributed by atoms with Gasteiger partial charge in [-0.15, -0.1) is 0 Å². The lowest BCUT2D eigenvalue weighted by atomic mass is 9.77. The molecule has 120 valence electrons. The van der Waals surface area contributed by atoms with E-state index in [2.05, 4.69) is 33.1 Å². The Bertz CT molecular complexity index is 234. The molecule has 1 N–H and O–H groups in total. The van der Waals surface area contributed by atoms with Crippen molar-refractivity contribution >= 4 is 0 Å². The summed E-state index contributed by atoms with van der Waals surface area (Å²) in [6, 6.07) is 0.